The van der Waals surface area contributed by atoms with Crippen molar-refractivity contribution < 1.29 is 4.74 Å². The van der Waals surface area contributed by atoms with Gasteiger partial charge >= 0.3 is 0 Å². The molecule has 0 heterocycles. The minimum atomic E-state index is -1.27. The molecular formula is C10H15NOP2. The zero-order valence-electron chi connectivity index (χ0n) is 8.77. The molecule has 0 aromatic heterocycles. The van der Waals surface area contributed by atoms with Gasteiger partial charge in [-0.05, 0) is 44.6 Å². The molecule has 2 nitrogen and oxygen atoms in total. The van der Waals surface area contributed by atoms with Crippen molar-refractivity contribution in [1.29, 1.82) is 0 Å². The van der Waals surface area contributed by atoms with Crippen LogP contribution in [0, 0.1) is 0 Å². The molecule has 1 aromatic rings. The largest absolute Gasteiger partial charge is 0.497 e. The molecule has 76 valence electrons. The van der Waals surface area contributed by atoms with Crippen molar-refractivity contribution in [3.05, 3.63) is 24.3 Å². The molecule has 0 spiro atoms. The van der Waals surface area contributed by atoms with Crippen LogP contribution in [0.5, 0.6) is 5.75 Å². The number of nitrogens with zero attached hydrogens (tertiary/aromatic N) is 1. The summed E-state index contributed by atoms with van der Waals surface area (Å²) >= 11 is 0. The summed E-state index contributed by atoms with van der Waals surface area (Å²) in [6, 6.07) is 7.96. The normalized spacial score (nSPS) is 11.9. The number of ether oxygens (including phenoxy) is 1. The maximum absolute atomic E-state index is 5.08. The average molecular weight is 227 g/mol. The Kier molecular flexibility index (Phi) is 3.92. The van der Waals surface area contributed by atoms with Crippen molar-refractivity contribution >= 4 is 27.0 Å². The first kappa shape index (κ1) is 11.5. The average Bonchev–Trinajstić information content (AvgIpc) is 2.14. The van der Waals surface area contributed by atoms with Crippen molar-refractivity contribution in [3.8, 4) is 5.75 Å². The lowest BCUT2D eigenvalue weighted by Gasteiger charge is -2.03. The zero-order valence-corrected chi connectivity index (χ0v) is 10.6. The summed E-state index contributed by atoms with van der Waals surface area (Å²) in [5.74, 6) is 0.882. The van der Waals surface area contributed by atoms with Crippen LogP contribution in [0.4, 0.5) is 0 Å². The molecule has 0 unspecified atom stereocenters. The molecule has 0 bridgehead atoms. The van der Waals surface area contributed by atoms with E-state index >= 15 is 0 Å². The molecule has 1 rings (SSSR count). The minimum absolute atomic E-state index is 0.882. The third-order valence-electron chi connectivity index (χ3n) is 1.47. The minimum Gasteiger partial charge on any atom is -0.497 e. The van der Waals surface area contributed by atoms with Crippen LogP contribution in [-0.2, 0) is 0 Å². The van der Waals surface area contributed by atoms with Crippen LogP contribution in [0.1, 0.15) is 0 Å². The van der Waals surface area contributed by atoms with E-state index in [4.69, 9.17) is 4.74 Å². The Balaban J connectivity index is 2.79. The lowest BCUT2D eigenvalue weighted by Crippen LogP contribution is -1.90. The Morgan fingerprint density at radius 2 is 1.86 bits per heavy atom. The number of hydrogen-bond acceptors (Lipinski definition) is 2. The lowest BCUT2D eigenvalue weighted by atomic mass is 10.3. The van der Waals surface area contributed by atoms with Crippen molar-refractivity contribution in [2.45, 2.75) is 0 Å². The Bertz CT molecular complexity index is 364. The Morgan fingerprint density at radius 3 is 2.29 bits per heavy atom. The number of benzene rings is 1. The van der Waals surface area contributed by atoms with Gasteiger partial charge in [-0.1, -0.05) is 6.30 Å². The molecule has 0 N–H and O–H groups in total. The van der Waals surface area contributed by atoms with E-state index in [0.29, 0.717) is 0 Å². The van der Waals surface area contributed by atoms with Gasteiger partial charge in [0, 0.05) is 13.7 Å². The summed E-state index contributed by atoms with van der Waals surface area (Å²) in [5.41, 5.74) is 0. The van der Waals surface area contributed by atoms with Crippen molar-refractivity contribution in [2.75, 3.05) is 20.4 Å². The highest BCUT2D eigenvalue weighted by Gasteiger charge is 1.94. The van der Waals surface area contributed by atoms with Gasteiger partial charge in [-0.25, -0.2) is 4.52 Å². The second-order valence-electron chi connectivity index (χ2n) is 3.51. The van der Waals surface area contributed by atoms with Crippen LogP contribution in [0.2, 0.25) is 0 Å². The molecule has 0 aliphatic rings. The van der Waals surface area contributed by atoms with E-state index in [1.54, 1.807) is 7.11 Å². The van der Waals surface area contributed by atoms with E-state index in [1.807, 2.05) is 24.3 Å². The van der Waals surface area contributed by atoms with Crippen LogP contribution in [0.25, 0.3) is 0 Å². The number of rotatable bonds is 3. The van der Waals surface area contributed by atoms with Crippen LogP contribution in [0.3, 0.4) is 0 Å². The van der Waals surface area contributed by atoms with Crippen molar-refractivity contribution in [1.82, 2.24) is 0 Å². The number of methoxy groups -OCH3 is 1. The molecule has 0 amide bonds. The predicted octanol–water partition coefficient (Wildman–Crippen LogP) is 3.07. The van der Waals surface area contributed by atoms with E-state index < -0.39 is 7.04 Å². The van der Waals surface area contributed by atoms with Gasteiger partial charge in [0.2, 0.25) is 0 Å². The maximum Gasteiger partial charge on any atom is 0.118 e. The van der Waals surface area contributed by atoms with Crippen LogP contribution < -0.4 is 10.0 Å². The summed E-state index contributed by atoms with van der Waals surface area (Å²) in [6.07, 6.45) is 4.03. The van der Waals surface area contributed by atoms with Crippen LogP contribution >= 0.6 is 15.4 Å². The SMILES string of the molecule is C=P(C)(C)N=Pc1ccc(OC)cc1. The molecule has 0 aliphatic carbocycles. The molecule has 0 saturated heterocycles. The fourth-order valence-corrected chi connectivity index (χ4v) is 2.49. The zero-order chi connectivity index (χ0) is 10.6. The van der Waals surface area contributed by atoms with Gasteiger partial charge in [0.1, 0.15) is 5.75 Å². The number of hydrogen-bond donors (Lipinski definition) is 0. The first-order chi connectivity index (χ1) is 6.51. The van der Waals surface area contributed by atoms with E-state index in [0.717, 1.165) is 14.1 Å². The summed E-state index contributed by atoms with van der Waals surface area (Å²) in [7, 11) is 1.41. The van der Waals surface area contributed by atoms with E-state index in [1.165, 1.54) is 5.30 Å². The molecule has 14 heavy (non-hydrogen) atoms. The lowest BCUT2D eigenvalue weighted by molar-refractivity contribution is 0.415. The summed E-state index contributed by atoms with van der Waals surface area (Å²) in [4.78, 5) is 0. The first-order valence-corrected chi connectivity index (χ1v) is 7.94. The Morgan fingerprint density at radius 1 is 1.29 bits per heavy atom. The highest BCUT2D eigenvalue weighted by Crippen LogP contribution is 2.40. The van der Waals surface area contributed by atoms with Crippen molar-refractivity contribution in [3.63, 3.8) is 0 Å². The van der Waals surface area contributed by atoms with Gasteiger partial charge < -0.3 is 4.74 Å². The molecule has 0 aliphatic heterocycles. The second-order valence-corrected chi connectivity index (χ2v) is 8.18. The first-order valence-electron chi connectivity index (χ1n) is 4.27. The highest BCUT2D eigenvalue weighted by molar-refractivity contribution is 7.74. The van der Waals surface area contributed by atoms with E-state index in [2.05, 4.69) is 24.1 Å². The van der Waals surface area contributed by atoms with E-state index in [-0.39, 0.29) is 0 Å². The van der Waals surface area contributed by atoms with Crippen molar-refractivity contribution in [2.24, 2.45) is 4.52 Å². The second kappa shape index (κ2) is 4.77. The third kappa shape index (κ3) is 4.09. The molecule has 0 radical (unpaired) electrons. The van der Waals surface area contributed by atoms with Gasteiger partial charge in [-0.15, -0.1) is 0 Å². The standard InChI is InChI=1S/C10H15NOP2/c1-12-9-5-7-10(8-6-9)13-11-14(2,3)4/h5-8H,2H2,1,3-4H3. The predicted molar refractivity (Wildman–Crippen MR) is 67.9 cm³/mol. The van der Waals surface area contributed by atoms with Gasteiger partial charge in [0.05, 0.1) is 7.11 Å². The van der Waals surface area contributed by atoms with Crippen LogP contribution in [0.15, 0.2) is 28.8 Å². The maximum atomic E-state index is 5.08. The Labute approximate surface area is 87.2 Å². The molecular weight excluding hydrogens is 212 g/mol. The fraction of sp³-hybridized carbons (Fsp3) is 0.300. The summed E-state index contributed by atoms with van der Waals surface area (Å²) < 4.78 is 9.59. The Hall–Kier alpha value is -0.580. The molecule has 4 heteroatoms. The summed E-state index contributed by atoms with van der Waals surface area (Å²) in [5, 5.41) is 1.18. The molecule has 0 atom stereocenters. The monoisotopic (exact) mass is 227 g/mol. The van der Waals surface area contributed by atoms with Crippen LogP contribution in [-0.4, -0.2) is 26.7 Å². The highest BCUT2D eigenvalue weighted by atomic mass is 31.2. The quantitative estimate of drug-likeness (QED) is 0.727. The molecule has 1 aromatic carbocycles. The van der Waals surface area contributed by atoms with Gasteiger partial charge in [0.25, 0.3) is 0 Å². The summed E-state index contributed by atoms with van der Waals surface area (Å²) in [6.45, 7) is 4.20. The van der Waals surface area contributed by atoms with E-state index in [9.17, 15) is 0 Å². The molecule has 0 saturated carbocycles. The van der Waals surface area contributed by atoms with Gasteiger partial charge in [0.15, 0.2) is 0 Å². The molecule has 0 fully saturated rings. The third-order valence-corrected chi connectivity index (χ3v) is 4.30. The fourth-order valence-electron chi connectivity index (χ4n) is 0.822. The van der Waals surface area contributed by atoms with Gasteiger partial charge in [-0.2, -0.15) is 0 Å². The smallest absolute Gasteiger partial charge is 0.118 e. The topological polar surface area (TPSA) is 21.6 Å². The van der Waals surface area contributed by atoms with Gasteiger partial charge in [-0.3, -0.25) is 0 Å².